The molecule has 0 fully saturated rings. The van der Waals surface area contributed by atoms with E-state index < -0.39 is 33.1 Å². The Morgan fingerprint density at radius 3 is 2.53 bits per heavy atom. The minimum atomic E-state index is -3.38. The quantitative estimate of drug-likeness (QED) is 0.518. The van der Waals surface area contributed by atoms with E-state index in [1.54, 1.807) is 0 Å². The van der Waals surface area contributed by atoms with E-state index in [1.807, 2.05) is 0 Å². The van der Waals surface area contributed by atoms with Crippen molar-refractivity contribution in [3.63, 3.8) is 0 Å². The summed E-state index contributed by atoms with van der Waals surface area (Å²) in [6, 6.07) is 1.88. The predicted molar refractivity (Wildman–Crippen MR) is 66.0 cm³/mol. The van der Waals surface area contributed by atoms with E-state index in [4.69, 9.17) is 5.73 Å². The molecule has 0 aliphatic carbocycles. The van der Waals surface area contributed by atoms with Gasteiger partial charge >= 0.3 is 0 Å². The molecule has 0 heterocycles. The summed E-state index contributed by atoms with van der Waals surface area (Å²) in [5.41, 5.74) is 4.09. The maximum Gasteiger partial charge on any atom is 0.257 e. The van der Waals surface area contributed by atoms with Gasteiger partial charge in [-0.05, 0) is 12.1 Å². The third-order valence-electron chi connectivity index (χ3n) is 2.12. The van der Waals surface area contributed by atoms with E-state index in [0.717, 1.165) is 18.4 Å². The number of hydrogen-bond donors (Lipinski definition) is 3. The van der Waals surface area contributed by atoms with Crippen molar-refractivity contribution in [2.24, 2.45) is 0 Å². The van der Waals surface area contributed by atoms with Gasteiger partial charge in [-0.2, -0.15) is 0 Å². The summed E-state index contributed by atoms with van der Waals surface area (Å²) < 4.78 is 50.4. The van der Waals surface area contributed by atoms with E-state index >= 15 is 0 Å². The molecule has 1 aromatic rings. The van der Waals surface area contributed by atoms with Crippen LogP contribution >= 0.6 is 0 Å². The number of anilines is 1. The van der Waals surface area contributed by atoms with E-state index in [2.05, 4.69) is 10.0 Å². The molecule has 1 rings (SSSR count). The molecule has 1 amide bonds. The lowest BCUT2D eigenvalue weighted by molar-refractivity contribution is 0.0946. The van der Waals surface area contributed by atoms with Crippen LogP contribution in [0.2, 0.25) is 0 Å². The zero-order chi connectivity index (χ0) is 14.6. The Labute approximate surface area is 109 Å². The number of amides is 1. The highest BCUT2D eigenvalue weighted by Crippen LogP contribution is 2.18. The number of nitrogens with one attached hydrogen (secondary N) is 2. The van der Waals surface area contributed by atoms with Crippen LogP contribution in [-0.4, -0.2) is 33.7 Å². The average Bonchev–Trinajstić information content (AvgIpc) is 2.29. The molecule has 0 unspecified atom stereocenters. The Bertz CT molecular complexity index is 590. The van der Waals surface area contributed by atoms with Gasteiger partial charge in [-0.25, -0.2) is 21.9 Å². The molecule has 6 nitrogen and oxygen atoms in total. The molecule has 106 valence electrons. The second kappa shape index (κ2) is 5.93. The third-order valence-corrected chi connectivity index (χ3v) is 2.85. The minimum Gasteiger partial charge on any atom is -0.396 e. The number of benzene rings is 1. The Morgan fingerprint density at radius 1 is 1.32 bits per heavy atom. The van der Waals surface area contributed by atoms with Crippen molar-refractivity contribution in [2.75, 3.05) is 25.1 Å². The molecule has 0 bridgehead atoms. The second-order valence-corrected chi connectivity index (χ2v) is 5.58. The van der Waals surface area contributed by atoms with Crippen LogP contribution in [0, 0.1) is 11.6 Å². The number of carbonyl (C=O) groups is 1. The Morgan fingerprint density at radius 2 is 1.95 bits per heavy atom. The zero-order valence-corrected chi connectivity index (χ0v) is 10.9. The zero-order valence-electron chi connectivity index (χ0n) is 10.0. The van der Waals surface area contributed by atoms with Gasteiger partial charge < -0.3 is 11.1 Å². The van der Waals surface area contributed by atoms with Gasteiger partial charge in [0, 0.05) is 13.1 Å². The van der Waals surface area contributed by atoms with Gasteiger partial charge in [-0.1, -0.05) is 0 Å². The van der Waals surface area contributed by atoms with Crippen LogP contribution in [0.3, 0.4) is 0 Å². The first-order valence-corrected chi connectivity index (χ1v) is 7.08. The van der Waals surface area contributed by atoms with Crippen LogP contribution in [-0.2, 0) is 10.0 Å². The lowest BCUT2D eigenvalue weighted by Gasteiger charge is -2.08. The van der Waals surface area contributed by atoms with Crippen LogP contribution < -0.4 is 15.8 Å². The van der Waals surface area contributed by atoms with Crippen LogP contribution in [0.4, 0.5) is 14.5 Å². The highest BCUT2D eigenvalue weighted by molar-refractivity contribution is 7.88. The number of rotatable bonds is 5. The topological polar surface area (TPSA) is 101 Å². The summed E-state index contributed by atoms with van der Waals surface area (Å²) in [5.74, 6) is -3.19. The monoisotopic (exact) mass is 293 g/mol. The first kappa shape index (κ1) is 15.3. The lowest BCUT2D eigenvalue weighted by atomic mass is 10.1. The molecule has 0 saturated heterocycles. The SMILES string of the molecule is CS(=O)(=O)NCCNC(=O)c1c(F)ccc(N)c1F. The summed E-state index contributed by atoms with van der Waals surface area (Å²) in [7, 11) is -3.38. The molecule has 0 atom stereocenters. The Balaban J connectivity index is 2.67. The summed E-state index contributed by atoms with van der Waals surface area (Å²) in [6.07, 6.45) is 0.950. The fourth-order valence-corrected chi connectivity index (χ4v) is 1.75. The van der Waals surface area contributed by atoms with Crippen molar-refractivity contribution >= 4 is 21.6 Å². The molecule has 19 heavy (non-hydrogen) atoms. The fraction of sp³-hybridized carbons (Fsp3) is 0.300. The van der Waals surface area contributed by atoms with Crippen molar-refractivity contribution in [1.29, 1.82) is 0 Å². The summed E-state index contributed by atoms with van der Waals surface area (Å²) in [6.45, 7) is -0.199. The van der Waals surface area contributed by atoms with E-state index in [1.165, 1.54) is 0 Å². The third kappa shape index (κ3) is 4.45. The minimum absolute atomic E-state index is 0.0872. The van der Waals surface area contributed by atoms with Gasteiger partial charge in [0.15, 0.2) is 5.82 Å². The van der Waals surface area contributed by atoms with Gasteiger partial charge in [-0.15, -0.1) is 0 Å². The highest BCUT2D eigenvalue weighted by atomic mass is 32.2. The number of halogens is 2. The average molecular weight is 293 g/mol. The number of nitrogens with two attached hydrogens (primary N) is 1. The van der Waals surface area contributed by atoms with Crippen LogP contribution in [0.25, 0.3) is 0 Å². The summed E-state index contributed by atoms with van der Waals surface area (Å²) in [4.78, 5) is 11.5. The molecular weight excluding hydrogens is 280 g/mol. The number of nitrogen functional groups attached to an aromatic ring is 1. The molecule has 0 radical (unpaired) electrons. The van der Waals surface area contributed by atoms with E-state index in [0.29, 0.717) is 0 Å². The first-order valence-electron chi connectivity index (χ1n) is 5.18. The molecule has 0 spiro atoms. The highest BCUT2D eigenvalue weighted by Gasteiger charge is 2.19. The lowest BCUT2D eigenvalue weighted by Crippen LogP contribution is -2.35. The van der Waals surface area contributed by atoms with E-state index in [-0.39, 0.29) is 18.8 Å². The van der Waals surface area contributed by atoms with Crippen LogP contribution in [0.15, 0.2) is 12.1 Å². The van der Waals surface area contributed by atoms with Gasteiger partial charge in [0.2, 0.25) is 10.0 Å². The normalized spacial score (nSPS) is 11.3. The summed E-state index contributed by atoms with van der Waals surface area (Å²) in [5, 5.41) is 2.18. The standard InChI is InChI=1S/C10H13F2N3O3S/c1-19(17,18)15-5-4-14-10(16)8-6(11)2-3-7(13)9(8)12/h2-3,15H,4-5,13H2,1H3,(H,14,16). The number of carbonyl (C=O) groups excluding carboxylic acids is 1. The van der Waals surface area contributed by atoms with Crippen molar-refractivity contribution in [3.05, 3.63) is 29.3 Å². The van der Waals surface area contributed by atoms with Crippen LogP contribution in [0.5, 0.6) is 0 Å². The number of sulfonamides is 1. The van der Waals surface area contributed by atoms with Crippen LogP contribution in [0.1, 0.15) is 10.4 Å². The van der Waals surface area contributed by atoms with Crippen molar-refractivity contribution in [3.8, 4) is 0 Å². The largest absolute Gasteiger partial charge is 0.396 e. The number of hydrogen-bond acceptors (Lipinski definition) is 4. The molecule has 0 aliphatic rings. The van der Waals surface area contributed by atoms with Gasteiger partial charge in [0.25, 0.3) is 5.91 Å². The summed E-state index contributed by atoms with van der Waals surface area (Å²) >= 11 is 0. The molecular formula is C10H13F2N3O3S. The smallest absolute Gasteiger partial charge is 0.257 e. The van der Waals surface area contributed by atoms with Crippen molar-refractivity contribution < 1.29 is 22.0 Å². The van der Waals surface area contributed by atoms with Crippen molar-refractivity contribution in [1.82, 2.24) is 10.0 Å². The maximum atomic E-state index is 13.5. The van der Waals surface area contributed by atoms with Crippen molar-refractivity contribution in [2.45, 2.75) is 0 Å². The first-order chi connectivity index (χ1) is 8.72. The molecule has 0 aromatic heterocycles. The second-order valence-electron chi connectivity index (χ2n) is 3.75. The van der Waals surface area contributed by atoms with E-state index in [9.17, 15) is 22.0 Å². The fourth-order valence-electron chi connectivity index (χ4n) is 1.28. The molecule has 9 heteroatoms. The molecule has 1 aromatic carbocycles. The van der Waals surface area contributed by atoms with Gasteiger partial charge in [0.05, 0.1) is 11.9 Å². The maximum absolute atomic E-state index is 13.5. The Hall–Kier alpha value is -1.74. The Kier molecular flexibility index (Phi) is 4.78. The molecule has 4 N–H and O–H groups in total. The predicted octanol–water partition coefficient (Wildman–Crippen LogP) is -0.174. The molecule has 0 saturated carbocycles. The van der Waals surface area contributed by atoms with Gasteiger partial charge in [-0.3, -0.25) is 4.79 Å². The van der Waals surface area contributed by atoms with Gasteiger partial charge in [0.1, 0.15) is 11.4 Å². The molecule has 0 aliphatic heterocycles.